The first kappa shape index (κ1) is 14.3. The number of hydrogen-bond donors (Lipinski definition) is 2. The van der Waals surface area contributed by atoms with Gasteiger partial charge in [-0.15, -0.1) is 11.3 Å². The van der Waals surface area contributed by atoms with E-state index < -0.39 is 15.8 Å². The third-order valence-corrected chi connectivity index (χ3v) is 6.22. The smallest absolute Gasteiger partial charge is 0.303 e. The van der Waals surface area contributed by atoms with Crippen molar-refractivity contribution in [2.75, 3.05) is 17.6 Å². The van der Waals surface area contributed by atoms with Crippen molar-refractivity contribution < 1.29 is 18.3 Å². The second kappa shape index (κ2) is 5.87. The standard InChI is InChI=1S/C11H16N2O4S2/c14-10(15)4-3-8-7-18-11(13-8)12-6-9-2-1-5-19(9,16)17/h7,9H,1-6H2,(H,12,13)(H,14,15). The van der Waals surface area contributed by atoms with Gasteiger partial charge in [0.15, 0.2) is 15.0 Å². The van der Waals surface area contributed by atoms with Crippen molar-refractivity contribution in [2.45, 2.75) is 30.9 Å². The molecule has 6 nitrogen and oxygen atoms in total. The largest absolute Gasteiger partial charge is 0.481 e. The highest BCUT2D eigenvalue weighted by Gasteiger charge is 2.30. The van der Waals surface area contributed by atoms with E-state index in [9.17, 15) is 13.2 Å². The number of carboxylic acids is 1. The van der Waals surface area contributed by atoms with E-state index in [2.05, 4.69) is 10.3 Å². The Morgan fingerprint density at radius 1 is 1.58 bits per heavy atom. The second-order valence-electron chi connectivity index (χ2n) is 4.55. The zero-order valence-electron chi connectivity index (χ0n) is 10.3. The lowest BCUT2D eigenvalue weighted by molar-refractivity contribution is -0.136. The minimum atomic E-state index is -2.94. The van der Waals surface area contributed by atoms with Gasteiger partial charge in [0.25, 0.3) is 0 Å². The molecule has 2 N–H and O–H groups in total. The van der Waals surface area contributed by atoms with Gasteiger partial charge < -0.3 is 10.4 Å². The molecule has 1 atom stereocenters. The fourth-order valence-electron chi connectivity index (χ4n) is 2.03. The Balaban J connectivity index is 1.85. The van der Waals surface area contributed by atoms with E-state index >= 15 is 0 Å². The SMILES string of the molecule is O=C(O)CCc1csc(NCC2CCCS2(=O)=O)n1. The number of aryl methyl sites for hydroxylation is 1. The molecule has 0 saturated carbocycles. The molecule has 1 aliphatic heterocycles. The van der Waals surface area contributed by atoms with E-state index in [4.69, 9.17) is 5.11 Å². The van der Waals surface area contributed by atoms with Crippen molar-refractivity contribution in [1.82, 2.24) is 4.98 Å². The molecular weight excluding hydrogens is 288 g/mol. The van der Waals surface area contributed by atoms with Crippen LogP contribution in [0.3, 0.4) is 0 Å². The normalized spacial score (nSPS) is 21.4. The Hall–Kier alpha value is -1.15. The van der Waals surface area contributed by atoms with Gasteiger partial charge in [-0.25, -0.2) is 13.4 Å². The summed E-state index contributed by atoms with van der Waals surface area (Å²) in [7, 11) is -2.94. The number of nitrogens with one attached hydrogen (secondary N) is 1. The molecule has 0 aliphatic carbocycles. The van der Waals surface area contributed by atoms with Crippen LogP contribution in [0.2, 0.25) is 0 Å². The molecule has 19 heavy (non-hydrogen) atoms. The Labute approximate surface area is 115 Å². The number of rotatable bonds is 6. The van der Waals surface area contributed by atoms with Crippen LogP contribution < -0.4 is 5.32 Å². The third kappa shape index (κ3) is 3.90. The Morgan fingerprint density at radius 2 is 2.37 bits per heavy atom. The molecule has 0 spiro atoms. The fraction of sp³-hybridized carbons (Fsp3) is 0.636. The zero-order valence-corrected chi connectivity index (χ0v) is 12.0. The van der Waals surface area contributed by atoms with Crippen LogP contribution in [0.1, 0.15) is 25.0 Å². The summed E-state index contributed by atoms with van der Waals surface area (Å²) in [6, 6.07) is 0. The highest BCUT2D eigenvalue weighted by Crippen LogP contribution is 2.22. The number of aromatic nitrogens is 1. The number of aliphatic carboxylic acids is 1. The van der Waals surface area contributed by atoms with Gasteiger partial charge in [-0.05, 0) is 12.8 Å². The summed E-state index contributed by atoms with van der Waals surface area (Å²) in [6.07, 6.45) is 1.89. The summed E-state index contributed by atoms with van der Waals surface area (Å²) in [5.41, 5.74) is 0.726. The van der Waals surface area contributed by atoms with Gasteiger partial charge in [0.1, 0.15) is 0 Å². The van der Waals surface area contributed by atoms with E-state index in [0.29, 0.717) is 24.5 Å². The molecule has 0 amide bonds. The summed E-state index contributed by atoms with van der Waals surface area (Å²) >= 11 is 1.37. The van der Waals surface area contributed by atoms with Gasteiger partial charge in [-0.2, -0.15) is 0 Å². The summed E-state index contributed by atoms with van der Waals surface area (Å²) in [4.78, 5) is 14.7. The van der Waals surface area contributed by atoms with Crippen molar-refractivity contribution in [3.05, 3.63) is 11.1 Å². The van der Waals surface area contributed by atoms with E-state index in [1.54, 1.807) is 5.38 Å². The maximum absolute atomic E-state index is 11.6. The maximum Gasteiger partial charge on any atom is 0.303 e. The van der Waals surface area contributed by atoms with Crippen LogP contribution in [0.5, 0.6) is 0 Å². The van der Waals surface area contributed by atoms with Crippen molar-refractivity contribution in [1.29, 1.82) is 0 Å². The minimum absolute atomic E-state index is 0.0557. The molecule has 0 aromatic carbocycles. The van der Waals surface area contributed by atoms with Crippen LogP contribution in [-0.2, 0) is 21.1 Å². The molecule has 1 fully saturated rings. The summed E-state index contributed by atoms with van der Waals surface area (Å²) < 4.78 is 23.3. The van der Waals surface area contributed by atoms with Gasteiger partial charge in [0.2, 0.25) is 0 Å². The molecule has 1 aromatic heterocycles. The van der Waals surface area contributed by atoms with Gasteiger partial charge in [-0.3, -0.25) is 4.79 Å². The number of hydrogen-bond acceptors (Lipinski definition) is 6. The Morgan fingerprint density at radius 3 is 3.00 bits per heavy atom. The van der Waals surface area contributed by atoms with E-state index in [1.807, 2.05) is 0 Å². The van der Waals surface area contributed by atoms with Crippen LogP contribution in [0, 0.1) is 0 Å². The van der Waals surface area contributed by atoms with Crippen molar-refractivity contribution >= 4 is 32.3 Å². The summed E-state index contributed by atoms with van der Waals surface area (Å²) in [5.74, 6) is -0.569. The predicted octanol–water partition coefficient (Wildman–Crippen LogP) is 1.15. The quantitative estimate of drug-likeness (QED) is 0.818. The first-order valence-corrected chi connectivity index (χ1v) is 8.68. The molecule has 106 valence electrons. The fourth-order valence-corrected chi connectivity index (χ4v) is 4.55. The molecule has 2 heterocycles. The number of nitrogens with zero attached hydrogens (tertiary/aromatic N) is 1. The highest BCUT2D eigenvalue weighted by molar-refractivity contribution is 7.92. The number of carbonyl (C=O) groups is 1. The number of thiazole rings is 1. The van der Waals surface area contributed by atoms with Gasteiger partial charge >= 0.3 is 5.97 Å². The maximum atomic E-state index is 11.6. The molecule has 0 bridgehead atoms. The average molecular weight is 304 g/mol. The molecule has 1 aromatic rings. The van der Waals surface area contributed by atoms with Crippen molar-refractivity contribution in [2.24, 2.45) is 0 Å². The predicted molar refractivity (Wildman–Crippen MR) is 73.4 cm³/mol. The number of carboxylic acid groups (broad SMARTS) is 1. The van der Waals surface area contributed by atoms with Crippen LogP contribution in [0.15, 0.2) is 5.38 Å². The first-order chi connectivity index (χ1) is 8.97. The van der Waals surface area contributed by atoms with E-state index in [0.717, 1.165) is 12.1 Å². The van der Waals surface area contributed by atoms with Crippen LogP contribution in [-0.4, -0.2) is 42.0 Å². The molecule has 1 aliphatic rings. The van der Waals surface area contributed by atoms with Gasteiger partial charge in [0, 0.05) is 18.3 Å². The molecular formula is C11H16N2O4S2. The van der Waals surface area contributed by atoms with Crippen molar-refractivity contribution in [3.8, 4) is 0 Å². The molecule has 1 saturated heterocycles. The Bertz CT molecular complexity index is 553. The molecule has 2 rings (SSSR count). The molecule has 1 unspecified atom stereocenters. The van der Waals surface area contributed by atoms with E-state index in [-0.39, 0.29) is 17.4 Å². The van der Waals surface area contributed by atoms with Crippen LogP contribution in [0.4, 0.5) is 5.13 Å². The third-order valence-electron chi connectivity index (χ3n) is 3.09. The lowest BCUT2D eigenvalue weighted by Gasteiger charge is -2.09. The summed E-state index contributed by atoms with van der Waals surface area (Å²) in [5, 5.41) is 13.7. The molecule has 8 heteroatoms. The molecule has 0 radical (unpaired) electrons. The first-order valence-electron chi connectivity index (χ1n) is 6.09. The number of sulfone groups is 1. The summed E-state index contributed by atoms with van der Waals surface area (Å²) in [6.45, 7) is 0.383. The number of anilines is 1. The van der Waals surface area contributed by atoms with Crippen LogP contribution >= 0.6 is 11.3 Å². The van der Waals surface area contributed by atoms with Gasteiger partial charge in [-0.1, -0.05) is 0 Å². The van der Waals surface area contributed by atoms with Crippen molar-refractivity contribution in [3.63, 3.8) is 0 Å². The monoisotopic (exact) mass is 304 g/mol. The Kier molecular flexibility index (Phi) is 4.41. The zero-order chi connectivity index (χ0) is 13.9. The van der Waals surface area contributed by atoms with Crippen LogP contribution in [0.25, 0.3) is 0 Å². The average Bonchev–Trinajstić information content (AvgIpc) is 2.90. The lowest BCUT2D eigenvalue weighted by Crippen LogP contribution is -2.24. The van der Waals surface area contributed by atoms with E-state index in [1.165, 1.54) is 11.3 Å². The second-order valence-corrected chi connectivity index (χ2v) is 7.81. The minimum Gasteiger partial charge on any atom is -0.481 e. The van der Waals surface area contributed by atoms with Gasteiger partial charge in [0.05, 0.1) is 23.1 Å². The highest BCUT2D eigenvalue weighted by atomic mass is 32.2. The topological polar surface area (TPSA) is 96.4 Å². The lowest BCUT2D eigenvalue weighted by atomic mass is 10.2.